The summed E-state index contributed by atoms with van der Waals surface area (Å²) in [5.74, 6) is -0.870. The zero-order valence-electron chi connectivity index (χ0n) is 10.1. The molecule has 0 aliphatic carbocycles. The van der Waals surface area contributed by atoms with Crippen molar-refractivity contribution in [3.8, 4) is 0 Å². The molecule has 1 atom stereocenters. The van der Waals surface area contributed by atoms with Crippen molar-refractivity contribution in [1.82, 2.24) is 9.55 Å². The van der Waals surface area contributed by atoms with E-state index in [1.165, 1.54) is 11.8 Å². The third-order valence-electron chi connectivity index (χ3n) is 2.17. The highest BCUT2D eigenvalue weighted by Crippen LogP contribution is 2.20. The van der Waals surface area contributed by atoms with E-state index < -0.39 is 5.97 Å². The maximum Gasteiger partial charge on any atom is 0.304 e. The molecule has 0 amide bonds. The van der Waals surface area contributed by atoms with Crippen LogP contribution in [0, 0.1) is 0 Å². The minimum absolute atomic E-state index is 0.0162. The Balaban J connectivity index is 2.89. The summed E-state index contributed by atoms with van der Waals surface area (Å²) in [5.41, 5.74) is -0.162. The first-order chi connectivity index (χ1) is 7.91. The van der Waals surface area contributed by atoms with Crippen molar-refractivity contribution < 1.29 is 9.90 Å². The third-order valence-corrected chi connectivity index (χ3v) is 3.24. The quantitative estimate of drug-likeness (QED) is 0.813. The lowest BCUT2D eigenvalue weighted by molar-refractivity contribution is -0.136. The monoisotopic (exact) mass is 256 g/mol. The number of rotatable bonds is 5. The van der Waals surface area contributed by atoms with Gasteiger partial charge in [0.05, 0.1) is 6.42 Å². The Labute approximate surface area is 104 Å². The number of carboxylic acids is 1. The van der Waals surface area contributed by atoms with E-state index in [2.05, 4.69) is 4.98 Å². The summed E-state index contributed by atoms with van der Waals surface area (Å²) >= 11 is 1.20. The molecule has 0 aromatic carbocycles. The molecule has 0 spiro atoms. The van der Waals surface area contributed by atoms with E-state index in [-0.39, 0.29) is 23.3 Å². The van der Waals surface area contributed by atoms with Gasteiger partial charge in [-0.2, -0.15) is 0 Å². The summed E-state index contributed by atoms with van der Waals surface area (Å²) in [6.45, 7) is 5.60. The van der Waals surface area contributed by atoms with Crippen molar-refractivity contribution in [2.45, 2.75) is 43.5 Å². The zero-order valence-corrected chi connectivity index (χ0v) is 10.9. The predicted octanol–water partition coefficient (Wildman–Crippen LogP) is 1.78. The number of nitrogens with zero attached hydrogens (tertiary/aromatic N) is 2. The van der Waals surface area contributed by atoms with E-state index in [1.54, 1.807) is 23.9 Å². The standard InChI is InChI=1S/C11H16N2O3S/c1-7(2)13-5-4-12-10(11(13)16)17-8(3)6-9(14)15/h4-5,7-8H,6H2,1-3H3,(H,14,15). The highest BCUT2D eigenvalue weighted by atomic mass is 32.2. The van der Waals surface area contributed by atoms with Gasteiger partial charge in [0.2, 0.25) is 0 Å². The van der Waals surface area contributed by atoms with Gasteiger partial charge in [-0.15, -0.1) is 0 Å². The lowest BCUT2D eigenvalue weighted by Gasteiger charge is -2.12. The van der Waals surface area contributed by atoms with Crippen LogP contribution < -0.4 is 5.56 Å². The lowest BCUT2D eigenvalue weighted by atomic mass is 10.3. The molecule has 1 rings (SSSR count). The van der Waals surface area contributed by atoms with E-state index in [0.29, 0.717) is 5.03 Å². The Bertz CT molecular complexity index is 456. The van der Waals surface area contributed by atoms with Gasteiger partial charge < -0.3 is 9.67 Å². The van der Waals surface area contributed by atoms with E-state index >= 15 is 0 Å². The molecule has 1 heterocycles. The van der Waals surface area contributed by atoms with E-state index in [0.717, 1.165) is 0 Å². The number of hydrogen-bond donors (Lipinski definition) is 1. The van der Waals surface area contributed by atoms with Crippen LogP contribution in [0.2, 0.25) is 0 Å². The molecule has 1 N–H and O–H groups in total. The second-order valence-corrected chi connectivity index (χ2v) is 5.49. The molecule has 1 unspecified atom stereocenters. The van der Waals surface area contributed by atoms with Crippen molar-refractivity contribution in [2.24, 2.45) is 0 Å². The number of hydrogen-bond acceptors (Lipinski definition) is 4. The first kappa shape index (κ1) is 13.8. The Morgan fingerprint density at radius 2 is 2.18 bits per heavy atom. The number of carboxylic acid groups (broad SMARTS) is 1. The minimum atomic E-state index is -0.870. The number of aromatic nitrogens is 2. The maximum atomic E-state index is 12.0. The summed E-state index contributed by atoms with van der Waals surface area (Å²) in [6.07, 6.45) is 3.22. The number of thioether (sulfide) groups is 1. The highest BCUT2D eigenvalue weighted by molar-refractivity contribution is 7.99. The van der Waals surface area contributed by atoms with Gasteiger partial charge in [-0.25, -0.2) is 4.98 Å². The van der Waals surface area contributed by atoms with Crippen molar-refractivity contribution in [3.05, 3.63) is 22.7 Å². The molecule has 0 fully saturated rings. The molecule has 0 saturated carbocycles. The van der Waals surface area contributed by atoms with Gasteiger partial charge in [0, 0.05) is 23.7 Å². The van der Waals surface area contributed by atoms with Crippen molar-refractivity contribution in [2.75, 3.05) is 0 Å². The second-order valence-electron chi connectivity index (χ2n) is 4.06. The summed E-state index contributed by atoms with van der Waals surface area (Å²) in [7, 11) is 0. The second kappa shape index (κ2) is 5.86. The minimum Gasteiger partial charge on any atom is -0.481 e. The van der Waals surface area contributed by atoms with Crippen molar-refractivity contribution in [3.63, 3.8) is 0 Å². The Morgan fingerprint density at radius 1 is 1.53 bits per heavy atom. The normalized spacial score (nSPS) is 12.7. The van der Waals surface area contributed by atoms with Crippen LogP contribution >= 0.6 is 11.8 Å². The van der Waals surface area contributed by atoms with Crippen LogP contribution in [-0.2, 0) is 4.79 Å². The molecular formula is C11H16N2O3S. The van der Waals surface area contributed by atoms with Gasteiger partial charge in [0.1, 0.15) is 0 Å². The summed E-state index contributed by atoms with van der Waals surface area (Å²) < 4.78 is 1.59. The molecule has 0 aliphatic rings. The van der Waals surface area contributed by atoms with Crippen molar-refractivity contribution >= 4 is 17.7 Å². The van der Waals surface area contributed by atoms with Crippen LogP contribution in [0.1, 0.15) is 33.2 Å². The summed E-state index contributed by atoms with van der Waals surface area (Å²) in [4.78, 5) is 26.5. The topological polar surface area (TPSA) is 72.2 Å². The maximum absolute atomic E-state index is 12.0. The van der Waals surface area contributed by atoms with E-state index in [9.17, 15) is 9.59 Å². The summed E-state index contributed by atoms with van der Waals surface area (Å²) in [5, 5.41) is 8.84. The zero-order chi connectivity index (χ0) is 13.0. The average Bonchev–Trinajstić information content (AvgIpc) is 2.19. The first-order valence-corrected chi connectivity index (χ1v) is 6.25. The summed E-state index contributed by atoms with van der Waals surface area (Å²) in [6, 6.07) is 0.0691. The molecule has 0 aliphatic heterocycles. The molecule has 6 heteroatoms. The largest absolute Gasteiger partial charge is 0.481 e. The molecule has 0 saturated heterocycles. The Morgan fingerprint density at radius 3 is 2.71 bits per heavy atom. The third kappa shape index (κ3) is 3.89. The van der Waals surface area contributed by atoms with Gasteiger partial charge in [0.25, 0.3) is 5.56 Å². The van der Waals surface area contributed by atoms with Crippen LogP contribution in [0.3, 0.4) is 0 Å². The Kier molecular flexibility index (Phi) is 4.74. The van der Waals surface area contributed by atoms with E-state index in [1.807, 2.05) is 13.8 Å². The SMILES string of the molecule is CC(CC(=O)O)Sc1nccn(C(C)C)c1=O. The average molecular weight is 256 g/mol. The molecule has 94 valence electrons. The van der Waals surface area contributed by atoms with Crippen LogP contribution in [0.25, 0.3) is 0 Å². The van der Waals surface area contributed by atoms with Crippen molar-refractivity contribution in [1.29, 1.82) is 0 Å². The van der Waals surface area contributed by atoms with Gasteiger partial charge >= 0.3 is 5.97 Å². The van der Waals surface area contributed by atoms with Gasteiger partial charge in [-0.1, -0.05) is 18.7 Å². The first-order valence-electron chi connectivity index (χ1n) is 5.37. The molecule has 5 nitrogen and oxygen atoms in total. The molecule has 17 heavy (non-hydrogen) atoms. The van der Waals surface area contributed by atoms with Crippen LogP contribution in [0.4, 0.5) is 0 Å². The number of aliphatic carboxylic acids is 1. The van der Waals surface area contributed by atoms with Gasteiger partial charge in [0.15, 0.2) is 5.03 Å². The fourth-order valence-electron chi connectivity index (χ4n) is 1.37. The fraction of sp³-hybridized carbons (Fsp3) is 0.545. The molecule has 1 aromatic rings. The smallest absolute Gasteiger partial charge is 0.304 e. The van der Waals surface area contributed by atoms with Crippen LogP contribution in [0.15, 0.2) is 22.2 Å². The van der Waals surface area contributed by atoms with Gasteiger partial charge in [-0.05, 0) is 13.8 Å². The van der Waals surface area contributed by atoms with Gasteiger partial charge in [-0.3, -0.25) is 9.59 Å². The predicted molar refractivity (Wildman–Crippen MR) is 66.5 cm³/mol. The fourth-order valence-corrected chi connectivity index (χ4v) is 2.31. The molecule has 1 aromatic heterocycles. The lowest BCUT2D eigenvalue weighted by Crippen LogP contribution is -2.24. The highest BCUT2D eigenvalue weighted by Gasteiger charge is 2.14. The Hall–Kier alpha value is -1.30. The molecule has 0 bridgehead atoms. The molecular weight excluding hydrogens is 240 g/mol. The number of carbonyl (C=O) groups is 1. The molecule has 0 radical (unpaired) electrons. The van der Waals surface area contributed by atoms with Crippen LogP contribution in [-0.4, -0.2) is 25.9 Å². The van der Waals surface area contributed by atoms with Crippen LogP contribution in [0.5, 0.6) is 0 Å². The van der Waals surface area contributed by atoms with E-state index in [4.69, 9.17) is 5.11 Å².